The van der Waals surface area contributed by atoms with Crippen molar-refractivity contribution in [1.29, 1.82) is 0 Å². The molecular formula is C15H20N4O. The third-order valence-corrected chi connectivity index (χ3v) is 5.16. The molecule has 0 bridgehead atoms. The average molecular weight is 272 g/mol. The van der Waals surface area contributed by atoms with E-state index in [1.807, 2.05) is 7.05 Å². The van der Waals surface area contributed by atoms with Crippen molar-refractivity contribution < 1.29 is 4.79 Å². The molecule has 1 aliphatic heterocycles. The van der Waals surface area contributed by atoms with Crippen LogP contribution in [0.4, 0.5) is 11.5 Å². The summed E-state index contributed by atoms with van der Waals surface area (Å²) in [5.74, 6) is 1.19. The maximum Gasteiger partial charge on any atom is 0.234 e. The first-order valence-electron chi connectivity index (χ1n) is 7.56. The number of fused-ring (bicyclic) bond motifs is 1. The Balaban J connectivity index is 1.81. The Kier molecular flexibility index (Phi) is 2.53. The molecule has 4 rings (SSSR count). The highest BCUT2D eigenvalue weighted by Crippen LogP contribution is 2.52. The molecule has 1 aromatic heterocycles. The molecule has 0 saturated heterocycles. The van der Waals surface area contributed by atoms with Gasteiger partial charge in [0.1, 0.15) is 12.0 Å². The maximum absolute atomic E-state index is 12.7. The summed E-state index contributed by atoms with van der Waals surface area (Å²) >= 11 is 0. The van der Waals surface area contributed by atoms with Crippen LogP contribution in [0, 0.1) is 5.41 Å². The van der Waals surface area contributed by atoms with Gasteiger partial charge in [0.25, 0.3) is 0 Å². The minimum Gasteiger partial charge on any atom is -0.351 e. The Morgan fingerprint density at radius 2 is 2.05 bits per heavy atom. The quantitative estimate of drug-likeness (QED) is 0.784. The molecule has 5 heteroatoms. The van der Waals surface area contributed by atoms with Crippen molar-refractivity contribution in [3.8, 4) is 0 Å². The van der Waals surface area contributed by atoms with Crippen molar-refractivity contribution in [3.05, 3.63) is 12.5 Å². The molecule has 0 atom stereocenters. The summed E-state index contributed by atoms with van der Waals surface area (Å²) in [6.07, 6.45) is 10.4. The van der Waals surface area contributed by atoms with Crippen LogP contribution < -0.4 is 9.80 Å². The van der Waals surface area contributed by atoms with Crippen molar-refractivity contribution >= 4 is 17.4 Å². The summed E-state index contributed by atoms with van der Waals surface area (Å²) in [6, 6.07) is 0.542. The number of amides is 1. The van der Waals surface area contributed by atoms with E-state index in [9.17, 15) is 4.79 Å². The Morgan fingerprint density at radius 1 is 1.30 bits per heavy atom. The van der Waals surface area contributed by atoms with Gasteiger partial charge in [0.15, 0.2) is 5.82 Å². The highest BCUT2D eigenvalue weighted by atomic mass is 16.2. The first-order chi connectivity index (χ1) is 9.71. The van der Waals surface area contributed by atoms with Crippen molar-refractivity contribution in [3.63, 3.8) is 0 Å². The lowest BCUT2D eigenvalue weighted by molar-refractivity contribution is -0.122. The molecule has 2 fully saturated rings. The van der Waals surface area contributed by atoms with E-state index in [2.05, 4.69) is 14.9 Å². The summed E-state index contributed by atoms with van der Waals surface area (Å²) in [6.45, 7) is 0.838. The lowest BCUT2D eigenvalue weighted by Gasteiger charge is -2.31. The van der Waals surface area contributed by atoms with Crippen LogP contribution in [-0.2, 0) is 4.79 Å². The van der Waals surface area contributed by atoms with E-state index in [-0.39, 0.29) is 11.3 Å². The van der Waals surface area contributed by atoms with Crippen molar-refractivity contribution in [1.82, 2.24) is 9.97 Å². The van der Waals surface area contributed by atoms with E-state index in [1.54, 1.807) is 17.4 Å². The Morgan fingerprint density at radius 3 is 2.75 bits per heavy atom. The molecule has 2 aliphatic carbocycles. The van der Waals surface area contributed by atoms with Gasteiger partial charge in [-0.3, -0.25) is 4.79 Å². The van der Waals surface area contributed by atoms with Gasteiger partial charge in [0, 0.05) is 19.6 Å². The van der Waals surface area contributed by atoms with Gasteiger partial charge in [-0.25, -0.2) is 9.97 Å². The summed E-state index contributed by atoms with van der Waals surface area (Å²) in [5.41, 5.74) is 0.714. The van der Waals surface area contributed by atoms with Crippen LogP contribution in [0.2, 0.25) is 0 Å². The smallest absolute Gasteiger partial charge is 0.234 e. The fourth-order valence-corrected chi connectivity index (χ4v) is 3.75. The van der Waals surface area contributed by atoms with Gasteiger partial charge in [0.05, 0.1) is 11.6 Å². The molecule has 2 saturated carbocycles. The number of carbonyl (C=O) groups excluding carboxylic acids is 1. The van der Waals surface area contributed by atoms with Crippen LogP contribution in [0.3, 0.4) is 0 Å². The predicted molar refractivity (Wildman–Crippen MR) is 76.7 cm³/mol. The first-order valence-corrected chi connectivity index (χ1v) is 7.56. The minimum atomic E-state index is -0.155. The van der Waals surface area contributed by atoms with Gasteiger partial charge in [0.2, 0.25) is 5.91 Å². The summed E-state index contributed by atoms with van der Waals surface area (Å²) in [7, 11) is 1.86. The first kappa shape index (κ1) is 12.1. The fourth-order valence-electron chi connectivity index (χ4n) is 3.75. The molecule has 20 heavy (non-hydrogen) atoms. The third kappa shape index (κ3) is 1.65. The zero-order valence-corrected chi connectivity index (χ0v) is 11.9. The number of rotatable bonds is 1. The van der Waals surface area contributed by atoms with Crippen LogP contribution >= 0.6 is 0 Å². The highest BCUT2D eigenvalue weighted by Gasteiger charge is 2.55. The molecule has 5 nitrogen and oxygen atoms in total. The van der Waals surface area contributed by atoms with Crippen LogP contribution in [-0.4, -0.2) is 35.5 Å². The Labute approximate surface area is 119 Å². The lowest BCUT2D eigenvalue weighted by Crippen LogP contribution is -2.41. The second-order valence-electron chi connectivity index (χ2n) is 6.44. The Hall–Kier alpha value is -1.65. The van der Waals surface area contributed by atoms with E-state index < -0.39 is 0 Å². The monoisotopic (exact) mass is 272 g/mol. The van der Waals surface area contributed by atoms with Crippen LogP contribution in [0.5, 0.6) is 0 Å². The van der Waals surface area contributed by atoms with E-state index in [1.165, 1.54) is 25.7 Å². The number of hydrogen-bond acceptors (Lipinski definition) is 4. The average Bonchev–Trinajstić information content (AvgIpc) is 3.08. The largest absolute Gasteiger partial charge is 0.351 e. The molecule has 0 aromatic carbocycles. The summed E-state index contributed by atoms with van der Waals surface area (Å²) in [5, 5.41) is 0. The zero-order chi connectivity index (χ0) is 13.7. The van der Waals surface area contributed by atoms with Gasteiger partial charge < -0.3 is 9.80 Å². The standard InChI is InChI=1S/C15H20N4O/c1-18-12-8-16-10-17-13(12)19(11-4-2-3-5-11)9-15(6-7-15)14(18)20/h8,10-11H,2-7,9H2,1H3. The topological polar surface area (TPSA) is 49.3 Å². The minimum absolute atomic E-state index is 0.155. The number of carbonyl (C=O) groups is 1. The SMILES string of the molecule is CN1C(=O)C2(CC2)CN(C2CCCC2)c2ncncc21. The molecular weight excluding hydrogens is 252 g/mol. The van der Waals surface area contributed by atoms with Gasteiger partial charge >= 0.3 is 0 Å². The number of hydrogen-bond donors (Lipinski definition) is 0. The number of anilines is 2. The second kappa shape index (κ2) is 4.17. The van der Waals surface area contributed by atoms with Gasteiger partial charge in [-0.1, -0.05) is 12.8 Å². The van der Waals surface area contributed by atoms with Gasteiger partial charge in [-0.05, 0) is 25.7 Å². The van der Waals surface area contributed by atoms with Crippen molar-refractivity contribution in [2.45, 2.75) is 44.6 Å². The molecule has 3 aliphatic rings. The molecule has 1 spiro atoms. The molecule has 106 valence electrons. The van der Waals surface area contributed by atoms with E-state index in [0.29, 0.717) is 6.04 Å². The van der Waals surface area contributed by atoms with E-state index >= 15 is 0 Å². The third-order valence-electron chi connectivity index (χ3n) is 5.16. The number of nitrogens with zero attached hydrogens (tertiary/aromatic N) is 4. The molecule has 0 unspecified atom stereocenters. The Bertz CT molecular complexity index is 549. The highest BCUT2D eigenvalue weighted by molar-refractivity contribution is 6.02. The van der Waals surface area contributed by atoms with E-state index in [0.717, 1.165) is 30.9 Å². The van der Waals surface area contributed by atoms with Crippen molar-refractivity contribution in [2.24, 2.45) is 5.41 Å². The number of aromatic nitrogens is 2. The normalized spacial score (nSPS) is 24.9. The molecule has 1 amide bonds. The molecule has 0 radical (unpaired) electrons. The maximum atomic E-state index is 12.7. The van der Waals surface area contributed by atoms with Gasteiger partial charge in [-0.15, -0.1) is 0 Å². The zero-order valence-electron chi connectivity index (χ0n) is 11.9. The van der Waals surface area contributed by atoms with Gasteiger partial charge in [-0.2, -0.15) is 0 Å². The van der Waals surface area contributed by atoms with Crippen LogP contribution in [0.25, 0.3) is 0 Å². The van der Waals surface area contributed by atoms with E-state index in [4.69, 9.17) is 0 Å². The molecule has 2 heterocycles. The van der Waals surface area contributed by atoms with Crippen molar-refractivity contribution in [2.75, 3.05) is 23.4 Å². The summed E-state index contributed by atoms with van der Waals surface area (Å²) in [4.78, 5) is 25.5. The van der Waals surface area contributed by atoms with Crippen LogP contribution in [0.1, 0.15) is 38.5 Å². The second-order valence-corrected chi connectivity index (χ2v) is 6.44. The van der Waals surface area contributed by atoms with Crippen LogP contribution in [0.15, 0.2) is 12.5 Å². The molecule has 0 N–H and O–H groups in total. The molecule has 1 aromatic rings. The lowest BCUT2D eigenvalue weighted by atomic mass is 10.0. The fraction of sp³-hybridized carbons (Fsp3) is 0.667. The summed E-state index contributed by atoms with van der Waals surface area (Å²) < 4.78 is 0. The predicted octanol–water partition coefficient (Wildman–Crippen LogP) is 1.98.